The smallest absolute Gasteiger partial charge is 0.335 e. The van der Waals surface area contributed by atoms with Gasteiger partial charge < -0.3 is 5.11 Å². The number of halogens is 1. The van der Waals surface area contributed by atoms with Gasteiger partial charge in [-0.05, 0) is 18.2 Å². The van der Waals surface area contributed by atoms with Crippen molar-refractivity contribution in [2.45, 2.75) is 26.2 Å². The number of carboxylic acid groups (broad SMARTS) is 1. The molecule has 0 aliphatic heterocycles. The van der Waals surface area contributed by atoms with Gasteiger partial charge in [-0.25, -0.2) is 14.5 Å². The molecule has 0 radical (unpaired) electrons. The molecule has 0 aliphatic rings. The van der Waals surface area contributed by atoms with Crippen molar-refractivity contribution in [3.05, 3.63) is 40.9 Å². The summed E-state index contributed by atoms with van der Waals surface area (Å²) in [5.41, 5.74) is 0.596. The van der Waals surface area contributed by atoms with Gasteiger partial charge in [0.1, 0.15) is 6.33 Å². The number of rotatable bonds is 2. The van der Waals surface area contributed by atoms with E-state index in [4.69, 9.17) is 16.7 Å². The molecule has 0 spiro atoms. The number of aromatic carboxylic acids is 1. The molecule has 1 aromatic carbocycles. The van der Waals surface area contributed by atoms with Crippen molar-refractivity contribution in [3.8, 4) is 5.69 Å². The first-order valence-electron chi connectivity index (χ1n) is 5.74. The Morgan fingerprint density at radius 1 is 1.37 bits per heavy atom. The lowest BCUT2D eigenvalue weighted by Gasteiger charge is -2.12. The Hall–Kier alpha value is -1.88. The minimum absolute atomic E-state index is 0.143. The third kappa shape index (κ3) is 2.76. The first-order valence-corrected chi connectivity index (χ1v) is 6.12. The third-order valence-corrected chi connectivity index (χ3v) is 2.91. The minimum atomic E-state index is -1.01. The predicted molar refractivity (Wildman–Crippen MR) is 72.0 cm³/mol. The van der Waals surface area contributed by atoms with Gasteiger partial charge in [-0.1, -0.05) is 32.4 Å². The van der Waals surface area contributed by atoms with E-state index in [-0.39, 0.29) is 11.0 Å². The fraction of sp³-hybridized carbons (Fsp3) is 0.308. The van der Waals surface area contributed by atoms with Crippen LogP contribution < -0.4 is 0 Å². The highest BCUT2D eigenvalue weighted by atomic mass is 35.5. The Bertz CT molecular complexity index is 629. The fourth-order valence-corrected chi connectivity index (χ4v) is 1.82. The number of carbonyl (C=O) groups is 1. The molecule has 5 nitrogen and oxygen atoms in total. The van der Waals surface area contributed by atoms with Gasteiger partial charge in [0.2, 0.25) is 0 Å². The molecule has 0 bridgehead atoms. The first-order chi connectivity index (χ1) is 8.79. The van der Waals surface area contributed by atoms with Gasteiger partial charge in [-0.15, -0.1) is 0 Å². The van der Waals surface area contributed by atoms with Crippen molar-refractivity contribution in [1.82, 2.24) is 14.8 Å². The van der Waals surface area contributed by atoms with Crippen LogP contribution in [0.3, 0.4) is 0 Å². The highest BCUT2D eigenvalue weighted by molar-refractivity contribution is 6.32. The molecule has 19 heavy (non-hydrogen) atoms. The van der Waals surface area contributed by atoms with Crippen LogP contribution in [0.15, 0.2) is 24.5 Å². The highest BCUT2D eigenvalue weighted by Gasteiger charge is 2.19. The van der Waals surface area contributed by atoms with E-state index in [0.29, 0.717) is 16.5 Å². The predicted octanol–water partition coefficient (Wildman–Crippen LogP) is 2.92. The zero-order chi connectivity index (χ0) is 14.2. The average molecular weight is 280 g/mol. The van der Waals surface area contributed by atoms with Gasteiger partial charge in [-0.2, -0.15) is 5.10 Å². The summed E-state index contributed by atoms with van der Waals surface area (Å²) in [6.07, 6.45) is 1.57. The minimum Gasteiger partial charge on any atom is -0.478 e. The van der Waals surface area contributed by atoms with Crippen molar-refractivity contribution in [3.63, 3.8) is 0 Å². The normalized spacial score (nSPS) is 11.6. The Morgan fingerprint density at radius 2 is 2.05 bits per heavy atom. The molecule has 1 N–H and O–H groups in total. The van der Waals surface area contributed by atoms with Crippen LogP contribution in [-0.4, -0.2) is 25.8 Å². The van der Waals surface area contributed by atoms with E-state index in [0.717, 1.165) is 0 Å². The summed E-state index contributed by atoms with van der Waals surface area (Å²) in [5.74, 6) is -0.312. The van der Waals surface area contributed by atoms with E-state index in [9.17, 15) is 4.79 Å². The number of hydrogen-bond acceptors (Lipinski definition) is 3. The van der Waals surface area contributed by atoms with Crippen molar-refractivity contribution < 1.29 is 9.90 Å². The second-order valence-electron chi connectivity index (χ2n) is 5.23. The van der Waals surface area contributed by atoms with Gasteiger partial charge >= 0.3 is 5.97 Å². The number of nitrogens with zero attached hydrogens (tertiary/aromatic N) is 3. The quantitative estimate of drug-likeness (QED) is 0.918. The lowest BCUT2D eigenvalue weighted by Crippen LogP contribution is -2.14. The summed E-state index contributed by atoms with van der Waals surface area (Å²) in [5, 5.41) is 13.6. The Balaban J connectivity index is 2.43. The highest BCUT2D eigenvalue weighted by Crippen LogP contribution is 2.23. The summed E-state index contributed by atoms with van der Waals surface area (Å²) in [6, 6.07) is 4.51. The van der Waals surface area contributed by atoms with E-state index >= 15 is 0 Å². The Morgan fingerprint density at radius 3 is 2.53 bits per heavy atom. The maximum Gasteiger partial charge on any atom is 0.335 e. The molecular formula is C13H14ClN3O2. The molecule has 100 valence electrons. The van der Waals surface area contributed by atoms with Gasteiger partial charge in [-0.3, -0.25) is 0 Å². The van der Waals surface area contributed by atoms with Gasteiger partial charge in [0.15, 0.2) is 5.82 Å². The molecule has 2 aromatic rings. The number of hydrogen-bond donors (Lipinski definition) is 1. The second-order valence-corrected chi connectivity index (χ2v) is 5.64. The average Bonchev–Trinajstić information content (AvgIpc) is 2.77. The SMILES string of the molecule is CC(C)(C)c1ncn(-c2ccc(C(=O)O)cc2Cl)n1. The lowest BCUT2D eigenvalue weighted by molar-refractivity contribution is 0.0697. The molecule has 2 rings (SSSR count). The molecule has 6 heteroatoms. The molecule has 1 aromatic heterocycles. The molecule has 0 fully saturated rings. The summed E-state index contributed by atoms with van der Waals surface area (Å²) in [6.45, 7) is 6.05. The van der Waals surface area contributed by atoms with Crippen LogP contribution in [0.2, 0.25) is 5.02 Å². The van der Waals surface area contributed by atoms with Crippen LogP contribution in [0.4, 0.5) is 0 Å². The van der Waals surface area contributed by atoms with E-state index in [1.54, 1.807) is 17.1 Å². The lowest BCUT2D eigenvalue weighted by atomic mass is 9.96. The Kier molecular flexibility index (Phi) is 3.32. The standard InChI is InChI=1S/C13H14ClN3O2/c1-13(2,3)12-15-7-17(16-12)10-5-4-8(11(18)19)6-9(10)14/h4-7H,1-3H3,(H,18,19). The van der Waals surface area contributed by atoms with Crippen molar-refractivity contribution in [2.24, 2.45) is 0 Å². The summed E-state index contributed by atoms with van der Waals surface area (Å²) in [4.78, 5) is 15.1. The van der Waals surface area contributed by atoms with Gasteiger partial charge in [0.25, 0.3) is 0 Å². The summed E-state index contributed by atoms with van der Waals surface area (Å²) in [7, 11) is 0. The number of benzene rings is 1. The van der Waals surface area contributed by atoms with E-state index in [2.05, 4.69) is 10.1 Å². The molecule has 0 saturated heterocycles. The van der Waals surface area contributed by atoms with Crippen LogP contribution in [-0.2, 0) is 5.41 Å². The largest absolute Gasteiger partial charge is 0.478 e. The first kappa shape index (κ1) is 13.5. The van der Waals surface area contributed by atoms with E-state index in [1.807, 2.05) is 20.8 Å². The van der Waals surface area contributed by atoms with Crippen molar-refractivity contribution >= 4 is 17.6 Å². The molecule has 0 aliphatic carbocycles. The molecule has 0 unspecified atom stereocenters. The van der Waals surface area contributed by atoms with E-state index in [1.165, 1.54) is 12.1 Å². The number of aromatic nitrogens is 3. The molecule has 0 amide bonds. The van der Waals surface area contributed by atoms with Gasteiger partial charge in [0.05, 0.1) is 16.3 Å². The van der Waals surface area contributed by atoms with Crippen LogP contribution in [0, 0.1) is 0 Å². The summed E-state index contributed by atoms with van der Waals surface area (Å²) >= 11 is 6.08. The molecule has 1 heterocycles. The Labute approximate surface area is 115 Å². The van der Waals surface area contributed by atoms with Crippen LogP contribution in [0.5, 0.6) is 0 Å². The van der Waals surface area contributed by atoms with Crippen LogP contribution in [0.25, 0.3) is 5.69 Å². The van der Waals surface area contributed by atoms with Crippen LogP contribution >= 0.6 is 11.6 Å². The zero-order valence-corrected chi connectivity index (χ0v) is 11.6. The molecule has 0 saturated carbocycles. The molecule has 0 atom stereocenters. The van der Waals surface area contributed by atoms with Crippen molar-refractivity contribution in [2.75, 3.05) is 0 Å². The third-order valence-electron chi connectivity index (χ3n) is 2.60. The maximum absolute atomic E-state index is 10.8. The van der Waals surface area contributed by atoms with Crippen LogP contribution in [0.1, 0.15) is 37.0 Å². The monoisotopic (exact) mass is 279 g/mol. The summed E-state index contributed by atoms with van der Waals surface area (Å²) < 4.78 is 1.55. The molecular weight excluding hydrogens is 266 g/mol. The van der Waals surface area contributed by atoms with Crippen molar-refractivity contribution in [1.29, 1.82) is 0 Å². The fourth-order valence-electron chi connectivity index (χ4n) is 1.55. The van der Waals surface area contributed by atoms with E-state index < -0.39 is 5.97 Å². The second kappa shape index (κ2) is 4.66. The number of carboxylic acids is 1. The zero-order valence-electron chi connectivity index (χ0n) is 10.9. The topological polar surface area (TPSA) is 68.0 Å². The van der Waals surface area contributed by atoms with Gasteiger partial charge in [0, 0.05) is 5.41 Å². The maximum atomic E-state index is 10.8.